The maximum atomic E-state index is 12.9. The van der Waals surface area contributed by atoms with E-state index in [0.717, 1.165) is 29.3 Å². The molecule has 166 valence electrons. The van der Waals surface area contributed by atoms with Gasteiger partial charge in [-0.3, -0.25) is 5.32 Å². The number of nitrogens with one attached hydrogen (secondary N) is 4. The molecule has 0 saturated carbocycles. The zero-order valence-electron chi connectivity index (χ0n) is 16.8. The third-order valence-corrected chi connectivity index (χ3v) is 4.57. The van der Waals surface area contributed by atoms with E-state index >= 15 is 0 Å². The van der Waals surface area contributed by atoms with Crippen molar-refractivity contribution in [2.45, 2.75) is 18.8 Å². The van der Waals surface area contributed by atoms with Crippen molar-refractivity contribution in [2.75, 3.05) is 26.0 Å². The fraction of sp³-hybridized carbons (Fsp3) is 0.300. The van der Waals surface area contributed by atoms with Gasteiger partial charge in [0.1, 0.15) is 5.75 Å². The van der Waals surface area contributed by atoms with Crippen LogP contribution in [0.3, 0.4) is 0 Å². The van der Waals surface area contributed by atoms with E-state index in [1.165, 1.54) is 7.11 Å². The lowest BCUT2D eigenvalue weighted by Crippen LogP contribution is -2.30. The van der Waals surface area contributed by atoms with Gasteiger partial charge in [-0.15, -0.1) is 0 Å². The number of methoxy groups -OCH3 is 1. The van der Waals surface area contributed by atoms with Crippen molar-refractivity contribution in [3.05, 3.63) is 53.3 Å². The SMILES string of the molecule is CNC(O)c1nc2ccc(CCNC(=O)Nc3cc(C(F)(F)F)ccc3OC)cc2[nH]1. The Morgan fingerprint density at radius 3 is 2.71 bits per heavy atom. The lowest BCUT2D eigenvalue weighted by molar-refractivity contribution is -0.137. The summed E-state index contributed by atoms with van der Waals surface area (Å²) >= 11 is 0. The highest BCUT2D eigenvalue weighted by Crippen LogP contribution is 2.34. The number of halogens is 3. The summed E-state index contributed by atoms with van der Waals surface area (Å²) < 4.78 is 43.8. The maximum Gasteiger partial charge on any atom is 0.416 e. The molecule has 0 bridgehead atoms. The number of carbonyl (C=O) groups excluding carboxylic acids is 1. The molecule has 0 radical (unpaired) electrons. The van der Waals surface area contributed by atoms with Crippen molar-refractivity contribution < 1.29 is 27.8 Å². The van der Waals surface area contributed by atoms with E-state index < -0.39 is 24.0 Å². The van der Waals surface area contributed by atoms with Gasteiger partial charge in [0.15, 0.2) is 12.1 Å². The Bertz CT molecular complexity index is 1070. The number of H-pyrrole nitrogens is 1. The van der Waals surface area contributed by atoms with Gasteiger partial charge in [-0.2, -0.15) is 13.2 Å². The summed E-state index contributed by atoms with van der Waals surface area (Å²) in [4.78, 5) is 19.4. The second kappa shape index (κ2) is 9.23. The van der Waals surface area contributed by atoms with Crippen LogP contribution < -0.4 is 20.7 Å². The van der Waals surface area contributed by atoms with Crippen LogP contribution in [-0.2, 0) is 12.6 Å². The summed E-state index contributed by atoms with van der Waals surface area (Å²) in [6, 6.07) is 7.69. The number of nitrogens with zero attached hydrogens (tertiary/aromatic N) is 1. The highest BCUT2D eigenvalue weighted by molar-refractivity contribution is 5.91. The number of urea groups is 1. The van der Waals surface area contributed by atoms with Gasteiger partial charge in [-0.25, -0.2) is 9.78 Å². The third-order valence-electron chi connectivity index (χ3n) is 4.57. The van der Waals surface area contributed by atoms with Crippen LogP contribution in [0.1, 0.15) is 23.2 Å². The summed E-state index contributed by atoms with van der Waals surface area (Å²) in [5, 5.41) is 17.5. The first-order valence-corrected chi connectivity index (χ1v) is 9.35. The molecule has 11 heteroatoms. The summed E-state index contributed by atoms with van der Waals surface area (Å²) in [7, 11) is 2.91. The highest BCUT2D eigenvalue weighted by Gasteiger charge is 2.31. The molecule has 1 unspecified atom stereocenters. The van der Waals surface area contributed by atoms with Crippen molar-refractivity contribution in [3.63, 3.8) is 0 Å². The zero-order valence-corrected chi connectivity index (χ0v) is 16.8. The molecule has 0 fully saturated rings. The number of carbonyl (C=O) groups is 1. The summed E-state index contributed by atoms with van der Waals surface area (Å²) in [6.07, 6.45) is -4.96. The number of hydrogen-bond donors (Lipinski definition) is 5. The number of alkyl halides is 3. The Labute approximate surface area is 175 Å². The average Bonchev–Trinajstić information content (AvgIpc) is 3.16. The molecule has 5 N–H and O–H groups in total. The number of imidazole rings is 1. The maximum absolute atomic E-state index is 12.9. The summed E-state index contributed by atoms with van der Waals surface area (Å²) in [5.74, 6) is 0.509. The number of anilines is 1. The second-order valence-corrected chi connectivity index (χ2v) is 6.71. The topological polar surface area (TPSA) is 111 Å². The van der Waals surface area contributed by atoms with Crippen LogP contribution in [0.15, 0.2) is 36.4 Å². The Kier molecular flexibility index (Phi) is 6.66. The van der Waals surface area contributed by atoms with Crippen LogP contribution >= 0.6 is 0 Å². The van der Waals surface area contributed by atoms with Gasteiger partial charge < -0.3 is 25.5 Å². The second-order valence-electron chi connectivity index (χ2n) is 6.71. The van der Waals surface area contributed by atoms with Crippen molar-refractivity contribution in [1.29, 1.82) is 0 Å². The molecular formula is C20H22F3N5O3. The Hall–Kier alpha value is -3.31. The van der Waals surface area contributed by atoms with Gasteiger partial charge in [0, 0.05) is 6.54 Å². The molecule has 3 rings (SSSR count). The van der Waals surface area contributed by atoms with E-state index in [-0.39, 0.29) is 18.0 Å². The van der Waals surface area contributed by atoms with E-state index in [1.807, 2.05) is 12.1 Å². The van der Waals surface area contributed by atoms with Crippen molar-refractivity contribution in [3.8, 4) is 5.75 Å². The lowest BCUT2D eigenvalue weighted by Gasteiger charge is -2.14. The third kappa shape index (κ3) is 5.44. The quantitative estimate of drug-likeness (QED) is 0.365. The van der Waals surface area contributed by atoms with Crippen LogP contribution in [0.5, 0.6) is 5.75 Å². The molecule has 1 aromatic heterocycles. The van der Waals surface area contributed by atoms with Crippen molar-refractivity contribution in [1.82, 2.24) is 20.6 Å². The molecule has 1 heterocycles. The van der Waals surface area contributed by atoms with Crippen molar-refractivity contribution in [2.24, 2.45) is 0 Å². The van der Waals surface area contributed by atoms with Crippen LogP contribution in [0, 0.1) is 0 Å². The fourth-order valence-electron chi connectivity index (χ4n) is 2.97. The standard InChI is InChI=1S/C20H22F3N5O3/c1-24-18(29)17-26-13-5-3-11(9-14(13)27-17)7-8-25-19(30)28-15-10-12(20(21,22)23)4-6-16(15)31-2/h3-6,9-10,18,24,29H,7-8H2,1-2H3,(H,26,27)(H2,25,28,30). The fourth-order valence-corrected chi connectivity index (χ4v) is 2.97. The highest BCUT2D eigenvalue weighted by atomic mass is 19.4. The Balaban J connectivity index is 1.60. The van der Waals surface area contributed by atoms with Gasteiger partial charge in [-0.1, -0.05) is 6.07 Å². The van der Waals surface area contributed by atoms with Gasteiger partial charge in [0.25, 0.3) is 0 Å². The van der Waals surface area contributed by atoms with Crippen LogP contribution in [0.2, 0.25) is 0 Å². The number of aromatic amines is 1. The molecule has 0 aliphatic heterocycles. The monoisotopic (exact) mass is 437 g/mol. The van der Waals surface area contributed by atoms with Crippen LogP contribution in [-0.4, -0.2) is 41.8 Å². The van der Waals surface area contributed by atoms with E-state index in [2.05, 4.69) is 25.9 Å². The first kappa shape index (κ1) is 22.4. The lowest BCUT2D eigenvalue weighted by atomic mass is 10.1. The van der Waals surface area contributed by atoms with E-state index in [0.29, 0.717) is 17.8 Å². The first-order valence-electron chi connectivity index (χ1n) is 9.35. The number of amides is 2. The number of ether oxygens (including phenoxy) is 1. The van der Waals surface area contributed by atoms with E-state index in [9.17, 15) is 23.1 Å². The van der Waals surface area contributed by atoms with Gasteiger partial charge in [0.05, 0.1) is 29.4 Å². The minimum absolute atomic E-state index is 0.0793. The summed E-state index contributed by atoms with van der Waals surface area (Å²) in [6.45, 7) is 0.249. The number of aliphatic hydroxyl groups excluding tert-OH is 1. The van der Waals surface area contributed by atoms with E-state index in [1.54, 1.807) is 13.1 Å². The molecule has 0 saturated heterocycles. The Morgan fingerprint density at radius 2 is 2.03 bits per heavy atom. The van der Waals surface area contributed by atoms with Gasteiger partial charge >= 0.3 is 12.2 Å². The molecular weight excluding hydrogens is 415 g/mol. The molecule has 8 nitrogen and oxygen atoms in total. The number of hydrogen-bond acceptors (Lipinski definition) is 5. The van der Waals surface area contributed by atoms with Crippen molar-refractivity contribution >= 4 is 22.8 Å². The predicted molar refractivity (Wildman–Crippen MR) is 109 cm³/mol. The molecule has 0 spiro atoms. The largest absolute Gasteiger partial charge is 0.495 e. The normalized spacial score (nSPS) is 12.6. The minimum Gasteiger partial charge on any atom is -0.495 e. The zero-order chi connectivity index (χ0) is 22.6. The molecule has 2 amide bonds. The van der Waals surface area contributed by atoms with Crippen LogP contribution in [0.4, 0.5) is 23.7 Å². The number of aliphatic hydroxyl groups is 1. The van der Waals surface area contributed by atoms with Crippen LogP contribution in [0.25, 0.3) is 11.0 Å². The Morgan fingerprint density at radius 1 is 1.26 bits per heavy atom. The number of benzene rings is 2. The molecule has 1 atom stereocenters. The molecule has 0 aliphatic rings. The van der Waals surface area contributed by atoms with Gasteiger partial charge in [-0.05, 0) is 49.4 Å². The molecule has 0 aliphatic carbocycles. The first-order chi connectivity index (χ1) is 14.7. The molecule has 3 aromatic rings. The summed E-state index contributed by atoms with van der Waals surface area (Å²) in [5.41, 5.74) is 1.36. The molecule has 31 heavy (non-hydrogen) atoms. The smallest absolute Gasteiger partial charge is 0.416 e. The average molecular weight is 437 g/mol. The van der Waals surface area contributed by atoms with E-state index in [4.69, 9.17) is 4.74 Å². The number of aromatic nitrogens is 2. The molecule has 2 aromatic carbocycles. The number of fused-ring (bicyclic) bond motifs is 1. The minimum atomic E-state index is -4.53. The van der Waals surface area contributed by atoms with Gasteiger partial charge in [0.2, 0.25) is 0 Å². The predicted octanol–water partition coefficient (Wildman–Crippen LogP) is 3.16. The number of rotatable bonds is 7.